The molecule has 0 bridgehead atoms. The van der Waals surface area contributed by atoms with Crippen molar-refractivity contribution >= 4 is 19.2 Å². The van der Waals surface area contributed by atoms with Crippen molar-refractivity contribution < 1.29 is 14.4 Å². The van der Waals surface area contributed by atoms with Crippen LogP contribution in [0.1, 0.15) is 6.92 Å². The Morgan fingerprint density at radius 1 is 1.71 bits per heavy atom. The first-order valence-electron chi connectivity index (χ1n) is 1.64. The van der Waals surface area contributed by atoms with Crippen molar-refractivity contribution in [1.82, 2.24) is 0 Å². The van der Waals surface area contributed by atoms with E-state index in [1.807, 2.05) is 0 Å². The maximum Gasteiger partial charge on any atom is 0.342 e. The highest BCUT2D eigenvalue weighted by atomic mass is 35.5. The minimum Gasteiger partial charge on any atom is -0.323 e. The molecule has 7 heavy (non-hydrogen) atoms. The largest absolute Gasteiger partial charge is 0.342 e. The quantitative estimate of drug-likeness (QED) is 0.422. The highest BCUT2D eigenvalue weighted by Gasteiger charge is 2.19. The van der Waals surface area contributed by atoms with E-state index in [1.165, 1.54) is 6.92 Å². The lowest BCUT2D eigenvalue weighted by Crippen LogP contribution is -1.89. The number of halogens is 1. The van der Waals surface area contributed by atoms with Gasteiger partial charge >= 0.3 is 7.60 Å². The second-order valence-corrected chi connectivity index (χ2v) is 4.07. The van der Waals surface area contributed by atoms with Crippen molar-refractivity contribution in [2.75, 3.05) is 0 Å². The number of hydrogen-bond acceptors (Lipinski definition) is 1. The summed E-state index contributed by atoms with van der Waals surface area (Å²) in [6, 6.07) is 0. The zero-order valence-electron chi connectivity index (χ0n) is 3.71. The molecular formula is C2H6ClO3P. The summed E-state index contributed by atoms with van der Waals surface area (Å²) in [4.78, 5) is 16.1. The lowest BCUT2D eigenvalue weighted by molar-refractivity contribution is 0.371. The molecule has 0 aromatic heterocycles. The van der Waals surface area contributed by atoms with E-state index in [0.29, 0.717) is 0 Å². The van der Waals surface area contributed by atoms with Gasteiger partial charge in [-0.3, -0.25) is 4.57 Å². The van der Waals surface area contributed by atoms with E-state index in [2.05, 4.69) is 0 Å². The Balaban J connectivity index is 3.80. The van der Waals surface area contributed by atoms with Crippen molar-refractivity contribution in [3.8, 4) is 0 Å². The second kappa shape index (κ2) is 2.14. The predicted molar refractivity (Wildman–Crippen MR) is 27.4 cm³/mol. The van der Waals surface area contributed by atoms with Gasteiger partial charge in [0.05, 0.1) is 0 Å². The van der Waals surface area contributed by atoms with Crippen LogP contribution in [-0.2, 0) is 4.57 Å². The Labute approximate surface area is 46.5 Å². The van der Waals surface area contributed by atoms with Gasteiger partial charge < -0.3 is 9.79 Å². The average Bonchev–Trinajstić information content (AvgIpc) is 1.31. The fourth-order valence-electron chi connectivity index (χ4n) is 0. The Hall–Kier alpha value is 0.440. The van der Waals surface area contributed by atoms with Gasteiger partial charge in [0, 0.05) is 0 Å². The van der Waals surface area contributed by atoms with Gasteiger partial charge in [-0.1, -0.05) is 0 Å². The van der Waals surface area contributed by atoms with E-state index in [1.54, 1.807) is 0 Å². The SMILES string of the molecule is CC(Cl)P(=O)(O)O. The average molecular weight is 144 g/mol. The third kappa shape index (κ3) is 3.06. The van der Waals surface area contributed by atoms with Crippen LogP contribution >= 0.6 is 19.2 Å². The summed E-state index contributed by atoms with van der Waals surface area (Å²) in [5.41, 5.74) is 0. The highest BCUT2D eigenvalue weighted by Crippen LogP contribution is 2.42. The second-order valence-electron chi connectivity index (χ2n) is 1.16. The molecule has 1 unspecified atom stereocenters. The maximum absolute atomic E-state index is 9.89. The van der Waals surface area contributed by atoms with Gasteiger partial charge in [0.1, 0.15) is 5.12 Å². The standard InChI is InChI=1S/C2H6ClO3P/c1-2(3)7(4,5)6/h2H,1H3,(H2,4,5,6). The minimum atomic E-state index is -3.97. The molecule has 44 valence electrons. The fourth-order valence-corrected chi connectivity index (χ4v) is 0. The Morgan fingerprint density at radius 2 is 1.86 bits per heavy atom. The first kappa shape index (κ1) is 7.44. The third-order valence-electron chi connectivity index (χ3n) is 0.463. The number of rotatable bonds is 1. The Kier molecular flexibility index (Phi) is 2.27. The van der Waals surface area contributed by atoms with Crippen molar-refractivity contribution in [2.45, 2.75) is 12.0 Å². The summed E-state index contributed by atoms with van der Waals surface area (Å²) in [6.45, 7) is 1.25. The van der Waals surface area contributed by atoms with Crippen LogP contribution in [0.25, 0.3) is 0 Å². The summed E-state index contributed by atoms with van der Waals surface area (Å²) in [6.07, 6.45) is 0. The first-order valence-corrected chi connectivity index (χ1v) is 3.75. The predicted octanol–water partition coefficient (Wildman–Crippen LogP) is 0.749. The molecule has 0 aromatic rings. The zero-order chi connectivity index (χ0) is 6.08. The maximum atomic E-state index is 9.89. The molecule has 0 radical (unpaired) electrons. The monoisotopic (exact) mass is 144 g/mol. The molecular weight excluding hydrogens is 138 g/mol. The van der Waals surface area contributed by atoms with Crippen LogP contribution in [-0.4, -0.2) is 14.9 Å². The van der Waals surface area contributed by atoms with E-state index < -0.39 is 12.7 Å². The lowest BCUT2D eigenvalue weighted by Gasteiger charge is -2.02. The van der Waals surface area contributed by atoms with Gasteiger partial charge in [-0.05, 0) is 6.92 Å². The molecule has 1 atom stereocenters. The number of hydrogen-bond donors (Lipinski definition) is 2. The van der Waals surface area contributed by atoms with Gasteiger partial charge in [-0.15, -0.1) is 11.6 Å². The van der Waals surface area contributed by atoms with Crippen LogP contribution < -0.4 is 0 Å². The van der Waals surface area contributed by atoms with Crippen LogP contribution in [0.4, 0.5) is 0 Å². The molecule has 3 nitrogen and oxygen atoms in total. The molecule has 0 aromatic carbocycles. The third-order valence-corrected chi connectivity index (χ3v) is 2.15. The molecule has 0 fully saturated rings. The van der Waals surface area contributed by atoms with Gasteiger partial charge in [0.25, 0.3) is 0 Å². The molecule has 5 heteroatoms. The number of alkyl halides is 1. The van der Waals surface area contributed by atoms with Crippen molar-refractivity contribution in [3.63, 3.8) is 0 Å². The summed E-state index contributed by atoms with van der Waals surface area (Å²) in [7, 11) is -3.97. The molecule has 0 spiro atoms. The Bertz CT molecular complexity index is 95.1. The van der Waals surface area contributed by atoms with Crippen LogP contribution in [0.15, 0.2) is 0 Å². The van der Waals surface area contributed by atoms with E-state index in [-0.39, 0.29) is 0 Å². The molecule has 0 amide bonds. The van der Waals surface area contributed by atoms with Crippen LogP contribution in [0.3, 0.4) is 0 Å². The molecule has 0 saturated heterocycles. The van der Waals surface area contributed by atoms with Crippen molar-refractivity contribution in [1.29, 1.82) is 0 Å². The summed E-state index contributed by atoms with van der Waals surface area (Å²) in [5.74, 6) is 0. The Morgan fingerprint density at radius 3 is 1.86 bits per heavy atom. The highest BCUT2D eigenvalue weighted by molar-refractivity contribution is 7.54. The zero-order valence-corrected chi connectivity index (χ0v) is 5.36. The van der Waals surface area contributed by atoms with Gasteiger partial charge in [0.15, 0.2) is 0 Å². The minimum absolute atomic E-state index is 1.06. The van der Waals surface area contributed by atoms with E-state index >= 15 is 0 Å². The van der Waals surface area contributed by atoms with Crippen LogP contribution in [0, 0.1) is 0 Å². The summed E-state index contributed by atoms with van der Waals surface area (Å²) in [5, 5.41) is -1.06. The first-order chi connectivity index (χ1) is 2.94. The summed E-state index contributed by atoms with van der Waals surface area (Å²) < 4.78 is 9.89. The lowest BCUT2D eigenvalue weighted by atomic mass is 11.0. The van der Waals surface area contributed by atoms with E-state index in [0.717, 1.165) is 0 Å². The van der Waals surface area contributed by atoms with E-state index in [4.69, 9.17) is 21.4 Å². The molecule has 2 N–H and O–H groups in total. The summed E-state index contributed by atoms with van der Waals surface area (Å²) >= 11 is 4.99. The normalized spacial score (nSPS) is 16.6. The van der Waals surface area contributed by atoms with Gasteiger partial charge in [-0.25, -0.2) is 0 Å². The van der Waals surface area contributed by atoms with Gasteiger partial charge in [-0.2, -0.15) is 0 Å². The molecule has 0 aliphatic rings. The van der Waals surface area contributed by atoms with Crippen molar-refractivity contribution in [2.24, 2.45) is 0 Å². The molecule has 0 heterocycles. The molecule has 0 rings (SSSR count). The molecule has 0 saturated carbocycles. The van der Waals surface area contributed by atoms with Crippen LogP contribution in [0.5, 0.6) is 0 Å². The van der Waals surface area contributed by atoms with Crippen LogP contribution in [0.2, 0.25) is 0 Å². The topological polar surface area (TPSA) is 57.5 Å². The van der Waals surface area contributed by atoms with Gasteiger partial charge in [0.2, 0.25) is 0 Å². The fraction of sp³-hybridized carbons (Fsp3) is 1.00. The van der Waals surface area contributed by atoms with Crippen molar-refractivity contribution in [3.05, 3.63) is 0 Å². The molecule has 0 aliphatic heterocycles. The smallest absolute Gasteiger partial charge is 0.323 e. The van der Waals surface area contributed by atoms with E-state index in [9.17, 15) is 4.57 Å². The molecule has 0 aliphatic carbocycles.